The van der Waals surface area contributed by atoms with Gasteiger partial charge < -0.3 is 19.2 Å². The Bertz CT molecular complexity index is 1100. The van der Waals surface area contributed by atoms with Crippen LogP contribution in [0.5, 0.6) is 11.5 Å². The van der Waals surface area contributed by atoms with E-state index in [9.17, 15) is 9.59 Å². The van der Waals surface area contributed by atoms with E-state index >= 15 is 0 Å². The van der Waals surface area contributed by atoms with Gasteiger partial charge in [0.25, 0.3) is 5.91 Å². The van der Waals surface area contributed by atoms with Crippen molar-refractivity contribution in [3.05, 3.63) is 78.3 Å². The van der Waals surface area contributed by atoms with E-state index < -0.39 is 11.9 Å². The normalized spacial score (nSPS) is 14.7. The summed E-state index contributed by atoms with van der Waals surface area (Å²) in [5.41, 5.74) is 1.14. The predicted octanol–water partition coefficient (Wildman–Crippen LogP) is 5.52. The van der Waals surface area contributed by atoms with E-state index in [1.807, 2.05) is 43.3 Å². The molecule has 1 fully saturated rings. The van der Waals surface area contributed by atoms with Crippen LogP contribution in [0.2, 0.25) is 0 Å². The number of hydrogen-bond donors (Lipinski definition) is 1. The Labute approximate surface area is 206 Å². The first-order valence-electron chi connectivity index (χ1n) is 12.2. The van der Waals surface area contributed by atoms with Crippen LogP contribution in [-0.4, -0.2) is 31.6 Å². The van der Waals surface area contributed by atoms with Crippen molar-refractivity contribution in [3.8, 4) is 11.5 Å². The molecule has 7 nitrogen and oxygen atoms in total. The summed E-state index contributed by atoms with van der Waals surface area (Å²) in [6, 6.07) is 16.9. The summed E-state index contributed by atoms with van der Waals surface area (Å²) in [7, 11) is 1.54. The highest BCUT2D eigenvalue weighted by atomic mass is 16.5. The summed E-state index contributed by atoms with van der Waals surface area (Å²) >= 11 is 0. The van der Waals surface area contributed by atoms with E-state index in [-0.39, 0.29) is 17.7 Å². The lowest BCUT2D eigenvalue weighted by Gasteiger charge is -2.33. The fourth-order valence-corrected chi connectivity index (χ4v) is 4.57. The fraction of sp³-hybridized carbons (Fsp3) is 0.357. The lowest BCUT2D eigenvalue weighted by Crippen LogP contribution is -2.47. The summed E-state index contributed by atoms with van der Waals surface area (Å²) in [6.07, 6.45) is 6.66. The van der Waals surface area contributed by atoms with E-state index in [1.54, 1.807) is 31.4 Å². The van der Waals surface area contributed by atoms with E-state index in [1.165, 1.54) is 17.6 Å². The van der Waals surface area contributed by atoms with Crippen molar-refractivity contribution in [2.24, 2.45) is 0 Å². The Kier molecular flexibility index (Phi) is 8.08. The van der Waals surface area contributed by atoms with Crippen molar-refractivity contribution in [1.29, 1.82) is 0 Å². The Morgan fingerprint density at radius 1 is 1.03 bits per heavy atom. The molecule has 1 aromatic heterocycles. The number of methoxy groups -OCH3 is 1. The predicted molar refractivity (Wildman–Crippen MR) is 134 cm³/mol. The number of furan rings is 1. The first-order valence-corrected chi connectivity index (χ1v) is 12.2. The zero-order chi connectivity index (χ0) is 24.6. The number of benzene rings is 2. The number of nitrogens with one attached hydrogen (secondary N) is 1. The summed E-state index contributed by atoms with van der Waals surface area (Å²) < 4.78 is 16.6. The Hall–Kier alpha value is -3.74. The van der Waals surface area contributed by atoms with Gasteiger partial charge in [-0.1, -0.05) is 43.5 Å². The lowest BCUT2D eigenvalue weighted by atomic mass is 9.94. The quantitative estimate of drug-likeness (QED) is 0.440. The van der Waals surface area contributed by atoms with E-state index in [2.05, 4.69) is 5.32 Å². The minimum Gasteiger partial charge on any atom is -0.495 e. The number of para-hydroxylation sites is 2. The molecular weight excluding hydrogens is 444 g/mol. The molecule has 0 bridgehead atoms. The number of ether oxygens (including phenoxy) is 2. The first kappa shape index (κ1) is 24.4. The summed E-state index contributed by atoms with van der Waals surface area (Å²) in [5.74, 6) is 0.638. The highest BCUT2D eigenvalue weighted by molar-refractivity contribution is 6.09. The van der Waals surface area contributed by atoms with Gasteiger partial charge in [-0.05, 0) is 61.7 Å². The average Bonchev–Trinajstić information content (AvgIpc) is 3.43. The molecule has 4 rings (SSSR count). The minimum absolute atomic E-state index is 0.0830. The second kappa shape index (κ2) is 11.6. The van der Waals surface area contributed by atoms with Gasteiger partial charge in [0.15, 0.2) is 5.76 Å². The molecule has 0 radical (unpaired) electrons. The van der Waals surface area contributed by atoms with Crippen LogP contribution in [0.3, 0.4) is 0 Å². The summed E-state index contributed by atoms with van der Waals surface area (Å²) in [4.78, 5) is 29.2. The van der Waals surface area contributed by atoms with Crippen LogP contribution in [0, 0.1) is 0 Å². The van der Waals surface area contributed by atoms with Gasteiger partial charge in [0.2, 0.25) is 5.91 Å². The largest absolute Gasteiger partial charge is 0.495 e. The molecular formula is C28H32N2O5. The highest BCUT2D eigenvalue weighted by Gasteiger charge is 2.37. The molecule has 35 heavy (non-hydrogen) atoms. The number of anilines is 1. The monoisotopic (exact) mass is 476 g/mol. The Morgan fingerprint density at radius 2 is 1.77 bits per heavy atom. The molecule has 1 saturated carbocycles. The van der Waals surface area contributed by atoms with Crippen LogP contribution in [-0.2, 0) is 4.79 Å². The molecule has 2 amide bonds. The molecule has 0 spiro atoms. The molecule has 1 N–H and O–H groups in total. The van der Waals surface area contributed by atoms with Crippen molar-refractivity contribution in [3.63, 3.8) is 0 Å². The maximum absolute atomic E-state index is 13.9. The van der Waals surface area contributed by atoms with E-state index in [4.69, 9.17) is 13.9 Å². The van der Waals surface area contributed by atoms with E-state index in [0.717, 1.165) is 25.7 Å². The maximum Gasteiger partial charge on any atom is 0.295 e. The number of amides is 2. The van der Waals surface area contributed by atoms with Crippen LogP contribution in [0.15, 0.2) is 71.3 Å². The Balaban J connectivity index is 1.81. The second-order valence-corrected chi connectivity index (χ2v) is 8.57. The third-order valence-electron chi connectivity index (χ3n) is 6.26. The molecule has 1 aliphatic carbocycles. The van der Waals surface area contributed by atoms with Gasteiger partial charge in [0.05, 0.1) is 25.7 Å². The van der Waals surface area contributed by atoms with Gasteiger partial charge in [0, 0.05) is 6.04 Å². The van der Waals surface area contributed by atoms with Gasteiger partial charge in [-0.3, -0.25) is 14.5 Å². The van der Waals surface area contributed by atoms with Crippen LogP contribution in [0.4, 0.5) is 5.69 Å². The van der Waals surface area contributed by atoms with Gasteiger partial charge in [-0.15, -0.1) is 0 Å². The summed E-state index contributed by atoms with van der Waals surface area (Å²) in [6.45, 7) is 2.45. The number of carbonyl (C=O) groups excluding carboxylic acids is 2. The fourth-order valence-electron chi connectivity index (χ4n) is 4.57. The third-order valence-corrected chi connectivity index (χ3v) is 6.26. The summed E-state index contributed by atoms with van der Waals surface area (Å²) in [5, 5.41) is 3.21. The molecule has 1 heterocycles. The van der Waals surface area contributed by atoms with Crippen molar-refractivity contribution < 1.29 is 23.5 Å². The maximum atomic E-state index is 13.9. The van der Waals surface area contributed by atoms with Gasteiger partial charge in [0.1, 0.15) is 17.5 Å². The Morgan fingerprint density at radius 3 is 2.43 bits per heavy atom. The van der Waals surface area contributed by atoms with Crippen molar-refractivity contribution >= 4 is 17.5 Å². The molecule has 2 aromatic carbocycles. The van der Waals surface area contributed by atoms with Crippen LogP contribution < -0.4 is 19.7 Å². The first-order chi connectivity index (χ1) is 17.1. The number of carbonyl (C=O) groups is 2. The molecule has 0 aliphatic heterocycles. The van der Waals surface area contributed by atoms with Crippen molar-refractivity contribution in [2.45, 2.75) is 51.1 Å². The molecule has 1 unspecified atom stereocenters. The molecule has 3 aromatic rings. The number of rotatable bonds is 9. The van der Waals surface area contributed by atoms with Gasteiger partial charge in [-0.2, -0.15) is 0 Å². The van der Waals surface area contributed by atoms with Crippen molar-refractivity contribution in [2.75, 3.05) is 18.6 Å². The van der Waals surface area contributed by atoms with Crippen molar-refractivity contribution in [1.82, 2.24) is 5.32 Å². The van der Waals surface area contributed by atoms with E-state index in [0.29, 0.717) is 29.4 Å². The molecule has 1 aliphatic rings. The van der Waals surface area contributed by atoms with Gasteiger partial charge in [-0.25, -0.2) is 0 Å². The smallest absolute Gasteiger partial charge is 0.295 e. The second-order valence-electron chi connectivity index (χ2n) is 8.57. The van der Waals surface area contributed by atoms with Gasteiger partial charge >= 0.3 is 0 Å². The third kappa shape index (κ3) is 5.67. The molecule has 7 heteroatoms. The van der Waals surface area contributed by atoms with Crippen LogP contribution >= 0.6 is 0 Å². The lowest BCUT2D eigenvalue weighted by molar-refractivity contribution is -0.123. The topological polar surface area (TPSA) is 81.0 Å². The van der Waals surface area contributed by atoms with Crippen LogP contribution in [0.1, 0.15) is 61.2 Å². The minimum atomic E-state index is -0.943. The number of nitrogens with zero attached hydrogens (tertiary/aromatic N) is 1. The highest BCUT2D eigenvalue weighted by Crippen LogP contribution is 2.37. The van der Waals surface area contributed by atoms with Crippen LogP contribution in [0.25, 0.3) is 0 Å². The number of hydrogen-bond acceptors (Lipinski definition) is 5. The standard InChI is InChI=1S/C28H32N2O5/c1-3-34-22-17-15-20(16-18-22)26(27(31)29-21-10-5-4-6-11-21)30(28(32)25-14-9-19-35-25)23-12-7-8-13-24(23)33-2/h7-9,12-19,21,26H,3-6,10-11H2,1-2H3,(H,29,31). The average molecular weight is 477 g/mol. The molecule has 1 atom stereocenters. The SMILES string of the molecule is CCOc1ccc(C(C(=O)NC2CCCCC2)N(C(=O)c2ccco2)c2ccccc2OC)cc1. The zero-order valence-electron chi connectivity index (χ0n) is 20.2. The molecule has 0 saturated heterocycles. The zero-order valence-corrected chi connectivity index (χ0v) is 20.2. The molecule has 184 valence electrons.